The van der Waals surface area contributed by atoms with Crippen molar-refractivity contribution in [2.45, 2.75) is 44.7 Å². The molecule has 2 rings (SSSR count). The smallest absolute Gasteiger partial charge is 0.294 e. The molecule has 2 aliphatic rings. The second kappa shape index (κ2) is 5.21. The molecule has 0 atom stereocenters. The number of hydrogen-bond donors (Lipinski definition) is 0. The molecule has 2 fully saturated rings. The van der Waals surface area contributed by atoms with Gasteiger partial charge in [-0.3, -0.25) is 0 Å². The second-order valence-corrected chi connectivity index (χ2v) is 4.64. The van der Waals surface area contributed by atoms with Gasteiger partial charge in [0.25, 0.3) is 6.55 Å². The summed E-state index contributed by atoms with van der Waals surface area (Å²) in [6.07, 6.45) is 5.76. The summed E-state index contributed by atoms with van der Waals surface area (Å²) in [6, 6.07) is 0.570. The molecule has 88 valence electrons. The van der Waals surface area contributed by atoms with E-state index < -0.39 is 6.55 Å². The highest BCUT2D eigenvalue weighted by molar-refractivity contribution is 4.81. The summed E-state index contributed by atoms with van der Waals surface area (Å²) in [6.45, 7) is 1.24. The third kappa shape index (κ3) is 2.88. The van der Waals surface area contributed by atoms with Crippen LogP contribution in [-0.4, -0.2) is 48.6 Å². The third-order valence-electron chi connectivity index (χ3n) is 3.68. The summed E-state index contributed by atoms with van der Waals surface area (Å²) in [5.41, 5.74) is 0. The lowest BCUT2D eigenvalue weighted by molar-refractivity contribution is -0.0513. The predicted molar refractivity (Wildman–Crippen MR) is 56.0 cm³/mol. The van der Waals surface area contributed by atoms with Gasteiger partial charge in [0, 0.05) is 19.1 Å². The van der Waals surface area contributed by atoms with Crippen LogP contribution in [0.1, 0.15) is 32.1 Å². The van der Waals surface area contributed by atoms with Gasteiger partial charge in [0.1, 0.15) is 0 Å². The zero-order chi connectivity index (χ0) is 10.7. The van der Waals surface area contributed by atoms with E-state index in [-0.39, 0.29) is 0 Å². The lowest BCUT2D eigenvalue weighted by atomic mass is 10.0. The van der Waals surface area contributed by atoms with Crippen LogP contribution in [0.25, 0.3) is 0 Å². The van der Waals surface area contributed by atoms with Crippen LogP contribution >= 0.6 is 0 Å². The lowest BCUT2D eigenvalue weighted by Gasteiger charge is -2.39. The molecular weight excluding hydrogens is 198 g/mol. The van der Waals surface area contributed by atoms with Gasteiger partial charge >= 0.3 is 0 Å². The fraction of sp³-hybridized carbons (Fsp3) is 1.00. The van der Waals surface area contributed by atoms with E-state index in [2.05, 4.69) is 4.90 Å². The Morgan fingerprint density at radius 2 is 1.47 bits per heavy atom. The number of piperidine rings is 2. The molecule has 2 nitrogen and oxygen atoms in total. The van der Waals surface area contributed by atoms with Gasteiger partial charge in [0.15, 0.2) is 0 Å². The Hall–Kier alpha value is -0.220. The van der Waals surface area contributed by atoms with E-state index in [1.54, 1.807) is 0 Å². The van der Waals surface area contributed by atoms with Crippen LogP contribution in [-0.2, 0) is 0 Å². The van der Waals surface area contributed by atoms with Crippen molar-refractivity contribution < 1.29 is 8.78 Å². The molecular formula is C11H20F2N2. The maximum Gasteiger partial charge on any atom is 0.294 e. The Balaban J connectivity index is 1.77. The van der Waals surface area contributed by atoms with Gasteiger partial charge in [-0.05, 0) is 38.8 Å². The van der Waals surface area contributed by atoms with Gasteiger partial charge < -0.3 is 4.90 Å². The zero-order valence-electron chi connectivity index (χ0n) is 9.17. The average molecular weight is 218 g/mol. The van der Waals surface area contributed by atoms with Crippen LogP contribution in [0.4, 0.5) is 8.78 Å². The van der Waals surface area contributed by atoms with Gasteiger partial charge in [-0.2, -0.15) is 8.78 Å². The number of alkyl halides is 2. The van der Waals surface area contributed by atoms with Crippen molar-refractivity contribution in [3.63, 3.8) is 0 Å². The first-order valence-corrected chi connectivity index (χ1v) is 6.03. The first-order valence-electron chi connectivity index (χ1n) is 6.03. The van der Waals surface area contributed by atoms with Gasteiger partial charge in [0.2, 0.25) is 0 Å². The predicted octanol–water partition coefficient (Wildman–Crippen LogP) is 2.16. The van der Waals surface area contributed by atoms with E-state index in [1.807, 2.05) is 0 Å². The van der Waals surface area contributed by atoms with E-state index >= 15 is 0 Å². The topological polar surface area (TPSA) is 6.48 Å². The van der Waals surface area contributed by atoms with E-state index in [0.29, 0.717) is 19.1 Å². The number of nitrogens with zero attached hydrogens (tertiary/aromatic N) is 2. The summed E-state index contributed by atoms with van der Waals surface area (Å²) in [4.78, 5) is 3.80. The molecule has 0 N–H and O–H groups in total. The van der Waals surface area contributed by atoms with Crippen LogP contribution in [0.2, 0.25) is 0 Å². The Morgan fingerprint density at radius 3 is 2.00 bits per heavy atom. The minimum atomic E-state index is -2.26. The number of rotatable bonds is 2. The maximum absolute atomic E-state index is 12.4. The highest BCUT2D eigenvalue weighted by atomic mass is 19.3. The molecule has 0 aromatic carbocycles. The normalized spacial score (nSPS) is 27.4. The van der Waals surface area contributed by atoms with E-state index in [0.717, 1.165) is 12.8 Å². The highest BCUT2D eigenvalue weighted by Crippen LogP contribution is 2.22. The Kier molecular flexibility index (Phi) is 3.92. The second-order valence-electron chi connectivity index (χ2n) is 4.64. The van der Waals surface area contributed by atoms with E-state index in [1.165, 1.54) is 37.3 Å². The Labute approximate surface area is 90.2 Å². The van der Waals surface area contributed by atoms with Gasteiger partial charge in [-0.15, -0.1) is 0 Å². The Morgan fingerprint density at radius 1 is 0.867 bits per heavy atom. The number of halogens is 2. The first-order chi connectivity index (χ1) is 7.27. The van der Waals surface area contributed by atoms with Crippen LogP contribution in [0.15, 0.2) is 0 Å². The summed E-state index contributed by atoms with van der Waals surface area (Å²) < 4.78 is 24.8. The molecule has 0 aromatic rings. The summed E-state index contributed by atoms with van der Waals surface area (Å²) in [7, 11) is 0. The molecule has 2 saturated heterocycles. The highest BCUT2D eigenvalue weighted by Gasteiger charge is 2.28. The maximum atomic E-state index is 12.4. The fourth-order valence-corrected chi connectivity index (χ4v) is 2.73. The average Bonchev–Trinajstić information content (AvgIpc) is 2.30. The van der Waals surface area contributed by atoms with Gasteiger partial charge in [-0.1, -0.05) is 6.42 Å². The molecule has 0 aliphatic carbocycles. The molecule has 0 aromatic heterocycles. The molecule has 0 bridgehead atoms. The van der Waals surface area contributed by atoms with Crippen molar-refractivity contribution >= 4 is 0 Å². The SMILES string of the molecule is FC(F)N1CCC(N2CCCCC2)CC1. The molecule has 2 heterocycles. The lowest BCUT2D eigenvalue weighted by Crippen LogP contribution is -2.47. The molecule has 15 heavy (non-hydrogen) atoms. The minimum absolute atomic E-state index is 0.568. The monoisotopic (exact) mass is 218 g/mol. The molecule has 0 radical (unpaired) electrons. The van der Waals surface area contributed by atoms with Crippen molar-refractivity contribution in [3.8, 4) is 0 Å². The first kappa shape index (κ1) is 11.3. The van der Waals surface area contributed by atoms with Crippen molar-refractivity contribution in [2.75, 3.05) is 26.2 Å². The van der Waals surface area contributed by atoms with Crippen molar-refractivity contribution in [2.24, 2.45) is 0 Å². The standard InChI is InChI=1S/C11H20F2N2/c12-11(13)15-8-4-10(5-9-15)14-6-2-1-3-7-14/h10-11H,1-9H2. The van der Waals surface area contributed by atoms with E-state index in [9.17, 15) is 8.78 Å². The summed E-state index contributed by atoms with van der Waals surface area (Å²) in [5, 5.41) is 0. The zero-order valence-corrected chi connectivity index (χ0v) is 9.17. The van der Waals surface area contributed by atoms with Crippen molar-refractivity contribution in [1.29, 1.82) is 0 Å². The summed E-state index contributed by atoms with van der Waals surface area (Å²) in [5.74, 6) is 0. The minimum Gasteiger partial charge on any atom is -0.300 e. The Bertz CT molecular complexity index is 185. The van der Waals surface area contributed by atoms with Crippen LogP contribution in [0, 0.1) is 0 Å². The van der Waals surface area contributed by atoms with Crippen molar-refractivity contribution in [1.82, 2.24) is 9.80 Å². The number of likely N-dealkylation sites (tertiary alicyclic amines) is 2. The molecule has 0 amide bonds. The molecule has 0 unspecified atom stereocenters. The van der Waals surface area contributed by atoms with Crippen molar-refractivity contribution in [3.05, 3.63) is 0 Å². The fourth-order valence-electron chi connectivity index (χ4n) is 2.73. The van der Waals surface area contributed by atoms with Crippen LogP contribution in [0.3, 0.4) is 0 Å². The quantitative estimate of drug-likeness (QED) is 0.655. The molecule has 2 aliphatic heterocycles. The summed E-state index contributed by atoms with van der Waals surface area (Å²) >= 11 is 0. The van der Waals surface area contributed by atoms with Gasteiger partial charge in [0.05, 0.1) is 0 Å². The number of hydrogen-bond acceptors (Lipinski definition) is 2. The third-order valence-corrected chi connectivity index (χ3v) is 3.68. The van der Waals surface area contributed by atoms with Crippen LogP contribution in [0.5, 0.6) is 0 Å². The van der Waals surface area contributed by atoms with Crippen LogP contribution < -0.4 is 0 Å². The largest absolute Gasteiger partial charge is 0.300 e. The van der Waals surface area contributed by atoms with Gasteiger partial charge in [-0.25, -0.2) is 4.90 Å². The molecule has 0 spiro atoms. The molecule has 4 heteroatoms. The molecule has 0 saturated carbocycles. The van der Waals surface area contributed by atoms with E-state index in [4.69, 9.17) is 0 Å².